The Kier molecular flexibility index (Phi) is 6.45. The zero-order valence-electron chi connectivity index (χ0n) is 7.55. The summed E-state index contributed by atoms with van der Waals surface area (Å²) in [5, 5.41) is 6.26. The lowest BCUT2D eigenvalue weighted by molar-refractivity contribution is 0.0533. The van der Waals surface area contributed by atoms with Gasteiger partial charge in [0.25, 0.3) is 0 Å². The van der Waals surface area contributed by atoms with Crippen molar-refractivity contribution in [2.75, 3.05) is 27.2 Å². The summed E-state index contributed by atoms with van der Waals surface area (Å²) < 4.78 is 5.14. The van der Waals surface area contributed by atoms with Crippen LogP contribution in [0.25, 0.3) is 0 Å². The highest BCUT2D eigenvalue weighted by atomic mass is 16.5. The highest BCUT2D eigenvalue weighted by Gasteiger charge is 2.11. The highest BCUT2D eigenvalue weighted by Crippen LogP contribution is 1.91. The predicted octanol–water partition coefficient (Wildman–Crippen LogP) is -0.885. The zero-order valence-corrected chi connectivity index (χ0v) is 7.55. The van der Waals surface area contributed by atoms with Crippen molar-refractivity contribution in [3.8, 4) is 0 Å². The van der Waals surface area contributed by atoms with E-state index in [1.54, 1.807) is 7.11 Å². The Morgan fingerprint density at radius 3 is 2.55 bits per heavy atom. The summed E-state index contributed by atoms with van der Waals surface area (Å²) in [5.41, 5.74) is 5.34. The largest absolute Gasteiger partial charge is 0.365 e. The zero-order chi connectivity index (χ0) is 8.69. The van der Waals surface area contributed by atoms with Crippen molar-refractivity contribution >= 4 is 0 Å². The van der Waals surface area contributed by atoms with Gasteiger partial charge in [0.05, 0.1) is 0 Å². The quantitative estimate of drug-likeness (QED) is 0.443. The van der Waals surface area contributed by atoms with Gasteiger partial charge in [-0.1, -0.05) is 0 Å². The average Bonchev–Trinajstić information content (AvgIpc) is 2.03. The first-order valence-electron chi connectivity index (χ1n) is 3.89. The number of methoxy groups -OCH3 is 1. The van der Waals surface area contributed by atoms with Crippen molar-refractivity contribution in [3.63, 3.8) is 0 Å². The summed E-state index contributed by atoms with van der Waals surface area (Å²) in [6.45, 7) is 3.54. The summed E-state index contributed by atoms with van der Waals surface area (Å²) in [4.78, 5) is 0. The molecule has 0 rings (SSSR count). The Morgan fingerprint density at radius 1 is 1.55 bits per heavy atom. The molecule has 68 valence electrons. The molecule has 0 aromatic rings. The Balaban J connectivity index is 3.51. The number of likely N-dealkylation sites (N-methyl/N-ethyl adjacent to an activating group) is 1. The Morgan fingerprint density at radius 2 is 2.18 bits per heavy atom. The standard InChI is InChI=1S/C7H19N3O/c1-6(10-5-4-8)7(9-2)11-3/h6-7,9-10H,4-5,8H2,1-3H3/t6?,7-/m0/s1. The molecule has 0 aliphatic heterocycles. The Labute approximate surface area is 68.5 Å². The van der Waals surface area contributed by atoms with Crippen LogP contribution in [-0.4, -0.2) is 39.5 Å². The molecule has 0 saturated carbocycles. The van der Waals surface area contributed by atoms with E-state index in [0.29, 0.717) is 6.54 Å². The van der Waals surface area contributed by atoms with E-state index < -0.39 is 0 Å². The molecule has 0 aliphatic rings. The van der Waals surface area contributed by atoms with E-state index >= 15 is 0 Å². The lowest BCUT2D eigenvalue weighted by atomic mass is 10.3. The first-order chi connectivity index (χ1) is 5.26. The fraction of sp³-hybridized carbons (Fsp3) is 1.00. The van der Waals surface area contributed by atoms with Crippen LogP contribution >= 0.6 is 0 Å². The van der Waals surface area contributed by atoms with Gasteiger partial charge in [0.1, 0.15) is 6.23 Å². The third kappa shape index (κ3) is 4.31. The van der Waals surface area contributed by atoms with Gasteiger partial charge in [-0.2, -0.15) is 0 Å². The van der Waals surface area contributed by atoms with Crippen LogP contribution in [0.2, 0.25) is 0 Å². The SMILES string of the molecule is CN[C@@H](OC)C(C)NCCN. The van der Waals surface area contributed by atoms with Crippen molar-refractivity contribution in [3.05, 3.63) is 0 Å². The van der Waals surface area contributed by atoms with Crippen molar-refractivity contribution in [2.24, 2.45) is 5.73 Å². The molecular formula is C7H19N3O. The molecular weight excluding hydrogens is 142 g/mol. The van der Waals surface area contributed by atoms with Gasteiger partial charge in [-0.3, -0.25) is 5.32 Å². The Hall–Kier alpha value is -0.160. The Bertz CT molecular complexity index is 85.8. The van der Waals surface area contributed by atoms with Crippen molar-refractivity contribution in [2.45, 2.75) is 19.2 Å². The summed E-state index contributed by atoms with van der Waals surface area (Å²) in [5.74, 6) is 0. The number of nitrogens with two attached hydrogens (primary N) is 1. The van der Waals surface area contributed by atoms with Crippen LogP contribution in [0.5, 0.6) is 0 Å². The van der Waals surface area contributed by atoms with E-state index in [4.69, 9.17) is 10.5 Å². The number of hydrogen-bond donors (Lipinski definition) is 3. The second kappa shape index (κ2) is 6.54. The van der Waals surface area contributed by atoms with Gasteiger partial charge >= 0.3 is 0 Å². The molecule has 0 spiro atoms. The molecule has 0 aromatic carbocycles. The molecule has 4 nitrogen and oxygen atoms in total. The van der Waals surface area contributed by atoms with Gasteiger partial charge in [-0.15, -0.1) is 0 Å². The minimum absolute atomic E-state index is 0.0570. The van der Waals surface area contributed by atoms with E-state index in [1.165, 1.54) is 0 Å². The minimum Gasteiger partial charge on any atom is -0.365 e. The van der Waals surface area contributed by atoms with Gasteiger partial charge in [-0.05, 0) is 14.0 Å². The van der Waals surface area contributed by atoms with E-state index in [1.807, 2.05) is 7.05 Å². The summed E-state index contributed by atoms with van der Waals surface area (Å²) >= 11 is 0. The monoisotopic (exact) mass is 161 g/mol. The molecule has 0 radical (unpaired) electrons. The van der Waals surface area contributed by atoms with Crippen LogP contribution < -0.4 is 16.4 Å². The maximum Gasteiger partial charge on any atom is 0.122 e. The van der Waals surface area contributed by atoms with Gasteiger partial charge in [0, 0.05) is 26.2 Å². The second-order valence-electron chi connectivity index (χ2n) is 2.48. The molecule has 4 N–H and O–H groups in total. The molecule has 0 aliphatic carbocycles. The van der Waals surface area contributed by atoms with E-state index in [0.717, 1.165) is 6.54 Å². The lowest BCUT2D eigenvalue weighted by Crippen LogP contribution is -2.47. The van der Waals surface area contributed by atoms with Crippen LogP contribution in [0, 0.1) is 0 Å². The van der Waals surface area contributed by atoms with Crippen LogP contribution in [0.1, 0.15) is 6.92 Å². The van der Waals surface area contributed by atoms with E-state index in [-0.39, 0.29) is 12.3 Å². The molecule has 0 aromatic heterocycles. The van der Waals surface area contributed by atoms with Gasteiger partial charge in [0.15, 0.2) is 0 Å². The molecule has 0 saturated heterocycles. The van der Waals surface area contributed by atoms with Crippen LogP contribution in [0.4, 0.5) is 0 Å². The highest BCUT2D eigenvalue weighted by molar-refractivity contribution is 4.68. The fourth-order valence-corrected chi connectivity index (χ4v) is 0.990. The number of hydrogen-bond acceptors (Lipinski definition) is 4. The molecule has 1 unspecified atom stereocenters. The lowest BCUT2D eigenvalue weighted by Gasteiger charge is -2.22. The topological polar surface area (TPSA) is 59.3 Å². The average molecular weight is 161 g/mol. The van der Waals surface area contributed by atoms with E-state index in [9.17, 15) is 0 Å². The molecule has 2 atom stereocenters. The normalized spacial score (nSPS) is 16.4. The smallest absolute Gasteiger partial charge is 0.122 e. The first-order valence-corrected chi connectivity index (χ1v) is 3.89. The van der Waals surface area contributed by atoms with E-state index in [2.05, 4.69) is 17.6 Å². The maximum atomic E-state index is 5.34. The fourth-order valence-electron chi connectivity index (χ4n) is 0.990. The third-order valence-corrected chi connectivity index (χ3v) is 1.60. The first kappa shape index (κ1) is 10.8. The van der Waals surface area contributed by atoms with Gasteiger partial charge in [-0.25, -0.2) is 0 Å². The van der Waals surface area contributed by atoms with Crippen molar-refractivity contribution < 1.29 is 4.74 Å². The molecule has 0 bridgehead atoms. The summed E-state index contributed by atoms with van der Waals surface area (Å²) in [6.07, 6.45) is 0.0570. The van der Waals surface area contributed by atoms with Crippen LogP contribution in [-0.2, 0) is 4.74 Å². The summed E-state index contributed by atoms with van der Waals surface area (Å²) in [6, 6.07) is 0.286. The van der Waals surface area contributed by atoms with Crippen LogP contribution in [0.15, 0.2) is 0 Å². The molecule has 4 heteroatoms. The summed E-state index contributed by atoms with van der Waals surface area (Å²) in [7, 11) is 3.55. The number of ether oxygens (including phenoxy) is 1. The predicted molar refractivity (Wildman–Crippen MR) is 46.4 cm³/mol. The molecule has 0 amide bonds. The molecule has 11 heavy (non-hydrogen) atoms. The third-order valence-electron chi connectivity index (χ3n) is 1.60. The van der Waals surface area contributed by atoms with Crippen molar-refractivity contribution in [1.82, 2.24) is 10.6 Å². The molecule has 0 fully saturated rings. The van der Waals surface area contributed by atoms with Gasteiger partial charge in [0.2, 0.25) is 0 Å². The minimum atomic E-state index is 0.0570. The van der Waals surface area contributed by atoms with Crippen LogP contribution in [0.3, 0.4) is 0 Å². The maximum absolute atomic E-state index is 5.34. The van der Waals surface area contributed by atoms with Gasteiger partial charge < -0.3 is 15.8 Å². The number of nitrogens with one attached hydrogen (secondary N) is 2. The van der Waals surface area contributed by atoms with Crippen molar-refractivity contribution in [1.29, 1.82) is 0 Å². The second-order valence-corrected chi connectivity index (χ2v) is 2.48. The number of rotatable bonds is 6. The molecule has 0 heterocycles.